The number of hydrogen-bond donors (Lipinski definition) is 1. The fourth-order valence-electron chi connectivity index (χ4n) is 1.85. The monoisotopic (exact) mass is 255 g/mol. The topological polar surface area (TPSA) is 23.5 Å². The Balaban J connectivity index is 2.16. The van der Waals surface area contributed by atoms with Crippen LogP contribution in [-0.2, 0) is 0 Å². The quantitative estimate of drug-likeness (QED) is 0.835. The summed E-state index contributed by atoms with van der Waals surface area (Å²) < 4.78 is 1.08. The van der Waals surface area contributed by atoms with Gasteiger partial charge in [0.05, 0.1) is 0 Å². The lowest BCUT2D eigenvalue weighted by molar-refractivity contribution is 0.140. The van der Waals surface area contributed by atoms with E-state index in [4.69, 9.17) is 0 Å². The molecule has 14 heavy (non-hydrogen) atoms. The van der Waals surface area contributed by atoms with E-state index in [1.54, 1.807) is 0 Å². The maximum atomic E-state index is 9.81. The predicted molar refractivity (Wildman–Crippen MR) is 61.3 cm³/mol. The van der Waals surface area contributed by atoms with Gasteiger partial charge in [0.1, 0.15) is 6.23 Å². The first-order valence-electron chi connectivity index (χ1n) is 4.97. The van der Waals surface area contributed by atoms with Gasteiger partial charge in [-0.05, 0) is 43.5 Å². The van der Waals surface area contributed by atoms with Crippen molar-refractivity contribution in [1.82, 2.24) is 0 Å². The Kier molecular flexibility index (Phi) is 3.08. The number of piperidine rings is 1. The van der Waals surface area contributed by atoms with Crippen molar-refractivity contribution >= 4 is 21.6 Å². The van der Waals surface area contributed by atoms with Gasteiger partial charge in [0.15, 0.2) is 0 Å². The van der Waals surface area contributed by atoms with Crippen LogP contribution in [0.3, 0.4) is 0 Å². The minimum Gasteiger partial charge on any atom is -0.374 e. The summed E-state index contributed by atoms with van der Waals surface area (Å²) in [6.07, 6.45) is 2.89. The molecule has 0 aliphatic carbocycles. The Labute approximate surface area is 92.7 Å². The van der Waals surface area contributed by atoms with E-state index < -0.39 is 0 Å². The van der Waals surface area contributed by atoms with Crippen molar-refractivity contribution in [2.24, 2.45) is 0 Å². The molecule has 0 spiro atoms. The fourth-order valence-corrected chi connectivity index (χ4v) is 2.11. The molecule has 1 N–H and O–H groups in total. The van der Waals surface area contributed by atoms with Crippen LogP contribution < -0.4 is 4.90 Å². The molecule has 0 bridgehead atoms. The number of rotatable bonds is 1. The second-order valence-electron chi connectivity index (χ2n) is 3.65. The standard InChI is InChI=1S/C11H14BrNO/c12-9-4-6-10(7-5-9)13-8-2-1-3-11(13)14/h4-7,11,14H,1-3,8H2. The van der Waals surface area contributed by atoms with Crippen LogP contribution in [-0.4, -0.2) is 17.9 Å². The van der Waals surface area contributed by atoms with E-state index in [2.05, 4.69) is 20.8 Å². The Morgan fingerprint density at radius 3 is 2.57 bits per heavy atom. The summed E-state index contributed by atoms with van der Waals surface area (Å²) in [6, 6.07) is 8.10. The lowest BCUT2D eigenvalue weighted by Crippen LogP contribution is -2.39. The third-order valence-electron chi connectivity index (χ3n) is 2.63. The molecule has 76 valence electrons. The van der Waals surface area contributed by atoms with E-state index in [0.717, 1.165) is 29.5 Å². The molecule has 1 unspecified atom stereocenters. The van der Waals surface area contributed by atoms with Crippen LogP contribution in [0, 0.1) is 0 Å². The number of benzene rings is 1. The molecule has 0 saturated carbocycles. The first-order valence-corrected chi connectivity index (χ1v) is 5.77. The summed E-state index contributed by atoms with van der Waals surface area (Å²) in [7, 11) is 0. The van der Waals surface area contributed by atoms with Crippen molar-refractivity contribution < 1.29 is 5.11 Å². The molecule has 1 aliphatic heterocycles. The second kappa shape index (κ2) is 4.32. The molecule has 0 aromatic heterocycles. The van der Waals surface area contributed by atoms with Crippen molar-refractivity contribution in [1.29, 1.82) is 0 Å². The Morgan fingerprint density at radius 2 is 1.93 bits per heavy atom. The highest BCUT2D eigenvalue weighted by atomic mass is 79.9. The number of anilines is 1. The zero-order valence-corrected chi connectivity index (χ0v) is 9.57. The van der Waals surface area contributed by atoms with Gasteiger partial charge in [0.25, 0.3) is 0 Å². The first-order chi connectivity index (χ1) is 6.77. The molecule has 0 amide bonds. The Hall–Kier alpha value is -0.540. The van der Waals surface area contributed by atoms with E-state index in [9.17, 15) is 5.11 Å². The van der Waals surface area contributed by atoms with Gasteiger partial charge in [-0.3, -0.25) is 0 Å². The van der Waals surface area contributed by atoms with E-state index >= 15 is 0 Å². The minimum atomic E-state index is -0.301. The smallest absolute Gasteiger partial charge is 0.126 e. The molecule has 2 rings (SSSR count). The van der Waals surface area contributed by atoms with Gasteiger partial charge in [-0.1, -0.05) is 15.9 Å². The normalized spacial score (nSPS) is 22.4. The minimum absolute atomic E-state index is 0.301. The van der Waals surface area contributed by atoms with Crippen molar-refractivity contribution in [2.45, 2.75) is 25.5 Å². The third-order valence-corrected chi connectivity index (χ3v) is 3.16. The Bertz CT molecular complexity index is 299. The summed E-state index contributed by atoms with van der Waals surface area (Å²) in [4.78, 5) is 2.07. The molecule has 0 radical (unpaired) electrons. The summed E-state index contributed by atoms with van der Waals surface area (Å²) in [6.45, 7) is 0.961. The maximum absolute atomic E-state index is 9.81. The number of hydrogen-bond acceptors (Lipinski definition) is 2. The average molecular weight is 256 g/mol. The predicted octanol–water partition coefficient (Wildman–Crippen LogP) is 2.76. The van der Waals surface area contributed by atoms with Gasteiger partial charge in [0, 0.05) is 16.7 Å². The average Bonchev–Trinajstić information content (AvgIpc) is 2.20. The van der Waals surface area contributed by atoms with E-state index in [0.29, 0.717) is 0 Å². The van der Waals surface area contributed by atoms with Gasteiger partial charge in [-0.2, -0.15) is 0 Å². The fraction of sp³-hybridized carbons (Fsp3) is 0.455. The van der Waals surface area contributed by atoms with Crippen molar-refractivity contribution in [3.8, 4) is 0 Å². The number of halogens is 1. The van der Waals surface area contributed by atoms with E-state index in [1.807, 2.05) is 24.3 Å². The molecular formula is C11H14BrNO. The molecule has 1 aromatic rings. The van der Waals surface area contributed by atoms with Crippen LogP contribution >= 0.6 is 15.9 Å². The van der Waals surface area contributed by atoms with Gasteiger partial charge in [-0.15, -0.1) is 0 Å². The highest BCUT2D eigenvalue weighted by molar-refractivity contribution is 9.10. The molecular weight excluding hydrogens is 242 g/mol. The van der Waals surface area contributed by atoms with Gasteiger partial charge >= 0.3 is 0 Å². The number of aliphatic hydroxyl groups excluding tert-OH is 1. The van der Waals surface area contributed by atoms with Crippen LogP contribution in [0.2, 0.25) is 0 Å². The first kappa shape index (κ1) is 9.99. The summed E-state index contributed by atoms with van der Waals surface area (Å²) in [5, 5.41) is 9.81. The zero-order valence-electron chi connectivity index (χ0n) is 7.99. The van der Waals surface area contributed by atoms with Crippen molar-refractivity contribution in [3.63, 3.8) is 0 Å². The van der Waals surface area contributed by atoms with Gasteiger partial charge in [-0.25, -0.2) is 0 Å². The molecule has 1 saturated heterocycles. The lowest BCUT2D eigenvalue weighted by Gasteiger charge is -2.34. The zero-order chi connectivity index (χ0) is 9.97. The summed E-state index contributed by atoms with van der Waals surface area (Å²) in [5.74, 6) is 0. The highest BCUT2D eigenvalue weighted by Gasteiger charge is 2.19. The molecule has 1 fully saturated rings. The summed E-state index contributed by atoms with van der Waals surface area (Å²) >= 11 is 3.40. The molecule has 1 heterocycles. The number of nitrogens with zero attached hydrogens (tertiary/aromatic N) is 1. The molecule has 1 aromatic carbocycles. The Morgan fingerprint density at radius 1 is 1.21 bits per heavy atom. The number of aliphatic hydroxyl groups is 1. The molecule has 1 aliphatic rings. The van der Waals surface area contributed by atoms with Crippen LogP contribution in [0.5, 0.6) is 0 Å². The van der Waals surface area contributed by atoms with Crippen LogP contribution in [0.15, 0.2) is 28.7 Å². The largest absolute Gasteiger partial charge is 0.374 e. The SMILES string of the molecule is OC1CCCCN1c1ccc(Br)cc1. The third kappa shape index (κ3) is 2.10. The van der Waals surface area contributed by atoms with Crippen molar-refractivity contribution in [3.05, 3.63) is 28.7 Å². The van der Waals surface area contributed by atoms with Crippen molar-refractivity contribution in [2.75, 3.05) is 11.4 Å². The van der Waals surface area contributed by atoms with Crippen LogP contribution in [0.4, 0.5) is 5.69 Å². The lowest BCUT2D eigenvalue weighted by atomic mass is 10.1. The maximum Gasteiger partial charge on any atom is 0.126 e. The second-order valence-corrected chi connectivity index (χ2v) is 4.56. The van der Waals surface area contributed by atoms with Crippen LogP contribution in [0.1, 0.15) is 19.3 Å². The molecule has 1 atom stereocenters. The highest BCUT2D eigenvalue weighted by Crippen LogP contribution is 2.24. The van der Waals surface area contributed by atoms with E-state index in [1.165, 1.54) is 6.42 Å². The summed E-state index contributed by atoms with van der Waals surface area (Å²) in [5.41, 5.74) is 1.11. The molecule has 2 nitrogen and oxygen atoms in total. The van der Waals surface area contributed by atoms with Gasteiger partial charge in [0.2, 0.25) is 0 Å². The molecule has 3 heteroatoms. The van der Waals surface area contributed by atoms with Crippen LogP contribution in [0.25, 0.3) is 0 Å². The van der Waals surface area contributed by atoms with E-state index in [-0.39, 0.29) is 6.23 Å². The van der Waals surface area contributed by atoms with Gasteiger partial charge < -0.3 is 10.0 Å².